The van der Waals surface area contributed by atoms with Crippen LogP contribution in [-0.4, -0.2) is 57.3 Å². The second-order valence-electron chi connectivity index (χ2n) is 20.7. The SMILES string of the molecule is CCCCCCCCCCC/C=C\CCCCCCCCC(O)C(=O)NC(CO)C(O)C(O)CCCCCCCCCCCCCCCCCCCCCCCCCCCCCCCC. The van der Waals surface area contributed by atoms with E-state index in [9.17, 15) is 25.2 Å². The molecule has 0 saturated heterocycles. The molecule has 388 valence electrons. The highest BCUT2D eigenvalue weighted by Crippen LogP contribution is 2.19. The molecule has 6 heteroatoms. The first-order chi connectivity index (χ1) is 32.0. The summed E-state index contributed by atoms with van der Waals surface area (Å²) in [5, 5.41) is 44.0. The lowest BCUT2D eigenvalue weighted by atomic mass is 9.99. The van der Waals surface area contributed by atoms with E-state index in [1.165, 1.54) is 257 Å². The van der Waals surface area contributed by atoms with Gasteiger partial charge in [0.1, 0.15) is 12.2 Å². The molecule has 4 atom stereocenters. The number of unbranched alkanes of at least 4 members (excludes halogenated alkanes) is 44. The smallest absolute Gasteiger partial charge is 0.249 e. The number of rotatable bonds is 55. The molecule has 0 aromatic heterocycles. The predicted octanol–water partition coefficient (Wildman–Crippen LogP) is 17.3. The van der Waals surface area contributed by atoms with Crippen LogP contribution >= 0.6 is 0 Å². The van der Waals surface area contributed by atoms with Crippen molar-refractivity contribution < 1.29 is 25.2 Å². The number of aliphatic hydroxyl groups is 4. The van der Waals surface area contributed by atoms with Crippen molar-refractivity contribution in [1.82, 2.24) is 5.32 Å². The summed E-state index contributed by atoms with van der Waals surface area (Å²) in [7, 11) is 0. The van der Waals surface area contributed by atoms with Gasteiger partial charge in [0.15, 0.2) is 0 Å². The fourth-order valence-electron chi connectivity index (χ4n) is 9.58. The van der Waals surface area contributed by atoms with E-state index < -0.39 is 36.9 Å². The van der Waals surface area contributed by atoms with Gasteiger partial charge in [0.2, 0.25) is 5.91 Å². The normalized spacial score (nSPS) is 13.8. The molecule has 65 heavy (non-hydrogen) atoms. The molecule has 0 heterocycles. The highest BCUT2D eigenvalue weighted by molar-refractivity contribution is 5.80. The van der Waals surface area contributed by atoms with Gasteiger partial charge in [-0.15, -0.1) is 0 Å². The molecule has 0 aliphatic carbocycles. The van der Waals surface area contributed by atoms with Crippen LogP contribution in [0.15, 0.2) is 12.2 Å². The van der Waals surface area contributed by atoms with E-state index in [1.54, 1.807) is 0 Å². The molecule has 0 spiro atoms. The molecule has 4 unspecified atom stereocenters. The number of carbonyl (C=O) groups excluding carboxylic acids is 1. The largest absolute Gasteiger partial charge is 0.394 e. The molecule has 0 aliphatic rings. The topological polar surface area (TPSA) is 110 Å². The third-order valence-corrected chi connectivity index (χ3v) is 14.2. The zero-order chi connectivity index (χ0) is 47.4. The quantitative estimate of drug-likeness (QED) is 0.0308. The molecule has 5 N–H and O–H groups in total. The van der Waals surface area contributed by atoms with Crippen molar-refractivity contribution in [2.75, 3.05) is 6.61 Å². The molecule has 0 aliphatic heterocycles. The van der Waals surface area contributed by atoms with E-state index >= 15 is 0 Å². The van der Waals surface area contributed by atoms with Crippen molar-refractivity contribution in [2.45, 2.75) is 353 Å². The maximum Gasteiger partial charge on any atom is 0.249 e. The van der Waals surface area contributed by atoms with E-state index in [-0.39, 0.29) is 0 Å². The minimum atomic E-state index is -1.26. The summed E-state index contributed by atoms with van der Waals surface area (Å²) in [6.45, 7) is 4.09. The minimum Gasteiger partial charge on any atom is -0.394 e. The Morgan fingerprint density at radius 3 is 0.892 bits per heavy atom. The summed E-state index contributed by atoms with van der Waals surface area (Å²) in [4.78, 5) is 12.6. The van der Waals surface area contributed by atoms with Crippen LogP contribution < -0.4 is 5.32 Å². The molecule has 0 saturated carbocycles. The van der Waals surface area contributed by atoms with Crippen molar-refractivity contribution in [3.8, 4) is 0 Å². The van der Waals surface area contributed by atoms with Crippen LogP contribution in [-0.2, 0) is 4.79 Å². The van der Waals surface area contributed by atoms with Crippen LogP contribution in [0.4, 0.5) is 0 Å². The summed E-state index contributed by atoms with van der Waals surface area (Å²) < 4.78 is 0. The number of nitrogens with one attached hydrogen (secondary N) is 1. The maximum absolute atomic E-state index is 12.6. The maximum atomic E-state index is 12.6. The average molecular weight is 921 g/mol. The highest BCUT2D eigenvalue weighted by Gasteiger charge is 2.28. The second-order valence-corrected chi connectivity index (χ2v) is 20.7. The van der Waals surface area contributed by atoms with Crippen LogP contribution in [0.3, 0.4) is 0 Å². The van der Waals surface area contributed by atoms with E-state index in [0.29, 0.717) is 12.8 Å². The zero-order valence-corrected chi connectivity index (χ0v) is 44.0. The Bertz CT molecular complexity index is 944. The Morgan fingerprint density at radius 1 is 0.369 bits per heavy atom. The summed E-state index contributed by atoms with van der Waals surface area (Å²) >= 11 is 0. The lowest BCUT2D eigenvalue weighted by molar-refractivity contribution is -0.132. The minimum absolute atomic E-state index is 0.365. The lowest BCUT2D eigenvalue weighted by Crippen LogP contribution is -2.53. The van der Waals surface area contributed by atoms with Gasteiger partial charge in [-0.1, -0.05) is 302 Å². The standard InChI is InChI=1S/C59H117NO5/c1-3-5-7-9-11-13-15-17-19-21-23-24-25-26-27-28-29-30-31-32-33-35-36-38-40-42-44-46-48-50-52-56(62)58(64)55(54-61)60-59(65)57(63)53-51-49-47-45-43-41-39-37-34-22-20-18-16-14-12-10-8-6-4-2/h34,37,55-58,61-64H,3-33,35-36,38-54H2,1-2H3,(H,60,65)/b37-34-. The Kier molecular flexibility index (Phi) is 53.2. The van der Waals surface area contributed by atoms with Gasteiger partial charge in [-0.05, 0) is 38.5 Å². The van der Waals surface area contributed by atoms with Gasteiger partial charge >= 0.3 is 0 Å². The summed E-state index contributed by atoms with van der Waals surface area (Å²) in [6, 6.07) is -0.986. The van der Waals surface area contributed by atoms with Crippen LogP contribution in [0.1, 0.15) is 328 Å². The van der Waals surface area contributed by atoms with Gasteiger partial charge in [-0.2, -0.15) is 0 Å². The molecule has 0 rings (SSSR count). The first-order valence-electron chi connectivity index (χ1n) is 29.6. The lowest BCUT2D eigenvalue weighted by Gasteiger charge is -2.27. The molecule has 6 nitrogen and oxygen atoms in total. The first-order valence-corrected chi connectivity index (χ1v) is 29.6. The Hall–Kier alpha value is -0.950. The van der Waals surface area contributed by atoms with Crippen LogP contribution in [0.5, 0.6) is 0 Å². The van der Waals surface area contributed by atoms with Crippen molar-refractivity contribution in [3.63, 3.8) is 0 Å². The highest BCUT2D eigenvalue weighted by atomic mass is 16.3. The molecular formula is C59H117NO5. The molecule has 1 amide bonds. The second kappa shape index (κ2) is 54.0. The fourth-order valence-corrected chi connectivity index (χ4v) is 9.58. The van der Waals surface area contributed by atoms with Gasteiger partial charge < -0.3 is 25.7 Å². The Balaban J connectivity index is 3.57. The van der Waals surface area contributed by atoms with Crippen molar-refractivity contribution in [1.29, 1.82) is 0 Å². The summed E-state index contributed by atoms with van der Waals surface area (Å²) in [5.41, 5.74) is 0. The third-order valence-electron chi connectivity index (χ3n) is 14.2. The molecule has 0 fully saturated rings. The fraction of sp³-hybridized carbons (Fsp3) is 0.949. The number of aliphatic hydroxyl groups excluding tert-OH is 4. The van der Waals surface area contributed by atoms with E-state index in [2.05, 4.69) is 31.3 Å². The number of allylic oxidation sites excluding steroid dienone is 2. The monoisotopic (exact) mass is 920 g/mol. The molecule has 0 aromatic rings. The van der Waals surface area contributed by atoms with E-state index in [4.69, 9.17) is 0 Å². The van der Waals surface area contributed by atoms with Crippen LogP contribution in [0.25, 0.3) is 0 Å². The Morgan fingerprint density at radius 2 is 0.615 bits per heavy atom. The van der Waals surface area contributed by atoms with Crippen molar-refractivity contribution in [2.24, 2.45) is 0 Å². The van der Waals surface area contributed by atoms with Crippen LogP contribution in [0, 0.1) is 0 Å². The molecule has 0 radical (unpaired) electrons. The van der Waals surface area contributed by atoms with Crippen LogP contribution in [0.2, 0.25) is 0 Å². The number of carbonyl (C=O) groups is 1. The predicted molar refractivity (Wildman–Crippen MR) is 284 cm³/mol. The van der Waals surface area contributed by atoms with E-state index in [0.717, 1.165) is 44.9 Å². The van der Waals surface area contributed by atoms with E-state index in [1.807, 2.05) is 0 Å². The van der Waals surface area contributed by atoms with Gasteiger partial charge in [-0.25, -0.2) is 0 Å². The summed E-state index contributed by atoms with van der Waals surface area (Å²) in [5.74, 6) is -0.583. The summed E-state index contributed by atoms with van der Waals surface area (Å²) in [6.07, 6.45) is 64.3. The number of hydrogen-bond acceptors (Lipinski definition) is 5. The molecule has 0 bridgehead atoms. The van der Waals surface area contributed by atoms with Crippen molar-refractivity contribution in [3.05, 3.63) is 12.2 Å². The number of amides is 1. The number of hydrogen-bond donors (Lipinski definition) is 5. The first kappa shape index (κ1) is 64.0. The average Bonchev–Trinajstić information content (AvgIpc) is 3.31. The van der Waals surface area contributed by atoms with Crippen molar-refractivity contribution >= 4 is 5.91 Å². The molecular weight excluding hydrogens is 803 g/mol. The van der Waals surface area contributed by atoms with Gasteiger partial charge in [0.25, 0.3) is 0 Å². The van der Waals surface area contributed by atoms with Gasteiger partial charge in [-0.3, -0.25) is 4.79 Å². The van der Waals surface area contributed by atoms with Gasteiger partial charge in [0.05, 0.1) is 18.8 Å². The molecule has 0 aromatic carbocycles. The van der Waals surface area contributed by atoms with Gasteiger partial charge in [0, 0.05) is 0 Å². The zero-order valence-electron chi connectivity index (χ0n) is 44.0. The Labute approximate surface area is 406 Å². The third kappa shape index (κ3) is 47.9.